The number of benzene rings is 2. The van der Waals surface area contributed by atoms with Crippen LogP contribution in [-0.2, 0) is 42.7 Å². The van der Waals surface area contributed by atoms with Crippen molar-refractivity contribution in [2.75, 3.05) is 12.5 Å². The maximum absolute atomic E-state index is 11.4. The molecule has 4 rings (SSSR count). The summed E-state index contributed by atoms with van der Waals surface area (Å²) < 4.78 is 63.5. The Labute approximate surface area is 239 Å². The summed E-state index contributed by atoms with van der Waals surface area (Å²) in [6.07, 6.45) is 2.22. The topological polar surface area (TPSA) is 180 Å². The second-order valence-electron chi connectivity index (χ2n) is 8.14. The van der Waals surface area contributed by atoms with Crippen molar-refractivity contribution in [1.29, 1.82) is 0 Å². The van der Waals surface area contributed by atoms with Crippen molar-refractivity contribution in [3.05, 3.63) is 59.6 Å². The van der Waals surface area contributed by atoms with Crippen LogP contribution in [-0.4, -0.2) is 48.6 Å². The first-order valence-electron chi connectivity index (χ1n) is 11.3. The van der Waals surface area contributed by atoms with Gasteiger partial charge < -0.3 is 14.4 Å². The minimum Gasteiger partial charge on any atom is -0.867 e. The summed E-state index contributed by atoms with van der Waals surface area (Å²) in [7, 11) is -10.1. The third-order valence-electron chi connectivity index (χ3n) is 4.72. The van der Waals surface area contributed by atoms with Gasteiger partial charge in [0.1, 0.15) is 16.8 Å². The van der Waals surface area contributed by atoms with E-state index in [-0.39, 0.29) is 12.8 Å². The van der Waals surface area contributed by atoms with E-state index in [0.29, 0.717) is 13.1 Å². The first-order valence-corrected chi connectivity index (χ1v) is 16.9. The number of nitrogens with one attached hydrogen (secondary N) is 2. The number of fused-ring (bicyclic) bond motifs is 2. The predicted octanol–water partition coefficient (Wildman–Crippen LogP) is -1.03. The second-order valence-corrected chi connectivity index (χ2v) is 13.4. The van der Waals surface area contributed by atoms with E-state index in [0.717, 1.165) is 32.9 Å². The Bertz CT molecular complexity index is 1540. The standard InChI is InChI=1S/2C11H12N2O3S2.BFO2/c2*1-18(15,16)12-11(14)6-7-13-8-17-10-5-3-2-4-9(10)13;2-1(3)4/h2*2-5,8H,6-7H2,1H3;/q;;-2/p+2. The van der Waals surface area contributed by atoms with Crippen LogP contribution in [0.4, 0.5) is 4.32 Å². The van der Waals surface area contributed by atoms with Crippen LogP contribution in [0.2, 0.25) is 0 Å². The molecule has 2 heterocycles. The van der Waals surface area contributed by atoms with Crippen molar-refractivity contribution < 1.29 is 49.9 Å². The summed E-state index contributed by atoms with van der Waals surface area (Å²) in [5.74, 6) is -0.972. The number of para-hydroxylation sites is 2. The van der Waals surface area contributed by atoms with Gasteiger partial charge >= 0.3 is 0 Å². The molecule has 0 spiro atoms. The average molecular weight is 633 g/mol. The molecule has 2 amide bonds. The number of halogens is 1. The zero-order valence-corrected chi connectivity index (χ0v) is 24.6. The molecule has 0 bridgehead atoms. The molecule has 0 unspecified atom stereocenters. The Hall–Kier alpha value is -3.03. The maximum atomic E-state index is 11.4. The van der Waals surface area contributed by atoms with Gasteiger partial charge in [-0.1, -0.05) is 46.9 Å². The summed E-state index contributed by atoms with van der Waals surface area (Å²) in [4.78, 5) is 22.8. The highest BCUT2D eigenvalue weighted by atomic mass is 32.2. The monoisotopic (exact) mass is 632 g/mol. The molecule has 0 aliphatic carbocycles. The van der Waals surface area contributed by atoms with Gasteiger partial charge in [0.25, 0.3) is 0 Å². The van der Waals surface area contributed by atoms with Crippen molar-refractivity contribution in [3.8, 4) is 0 Å². The quantitative estimate of drug-likeness (QED) is 0.183. The molecule has 18 heteroatoms. The maximum Gasteiger partial charge on any atom is 0.239 e. The van der Waals surface area contributed by atoms with E-state index in [1.54, 1.807) is 22.7 Å². The largest absolute Gasteiger partial charge is 0.867 e. The molecule has 2 N–H and O–H groups in total. The number of hydrogen-bond donors (Lipinski definition) is 2. The van der Waals surface area contributed by atoms with Gasteiger partial charge in [-0.25, -0.2) is 16.8 Å². The fourth-order valence-corrected chi connectivity index (χ4v) is 6.13. The lowest BCUT2D eigenvalue weighted by atomic mass is 10.3. The molecule has 0 aliphatic rings. The van der Waals surface area contributed by atoms with Crippen molar-refractivity contribution in [2.24, 2.45) is 0 Å². The molecule has 12 nitrogen and oxygen atoms in total. The Morgan fingerprint density at radius 2 is 1.10 bits per heavy atom. The Kier molecular flexibility index (Phi) is 12.5. The van der Waals surface area contributed by atoms with Gasteiger partial charge in [-0.15, -0.1) is 0 Å². The number of amides is 2. The fourth-order valence-electron chi connectivity index (χ4n) is 3.25. The first-order chi connectivity index (χ1) is 18.6. The van der Waals surface area contributed by atoms with Crippen molar-refractivity contribution in [2.45, 2.75) is 25.9 Å². The van der Waals surface area contributed by atoms with E-state index in [9.17, 15) is 30.7 Å². The average Bonchev–Trinajstić information content (AvgIpc) is 3.43. The Morgan fingerprint density at radius 3 is 1.43 bits per heavy atom. The van der Waals surface area contributed by atoms with E-state index >= 15 is 0 Å². The van der Waals surface area contributed by atoms with Gasteiger partial charge in [0.15, 0.2) is 13.1 Å². The number of hydrogen-bond acceptors (Lipinski definition) is 10. The number of aromatic nitrogens is 2. The van der Waals surface area contributed by atoms with E-state index < -0.39 is 39.3 Å². The van der Waals surface area contributed by atoms with Gasteiger partial charge in [-0.3, -0.25) is 19.0 Å². The van der Waals surface area contributed by atoms with Gasteiger partial charge in [0, 0.05) is 12.1 Å². The van der Waals surface area contributed by atoms with Crippen LogP contribution in [0, 0.1) is 0 Å². The lowest BCUT2D eigenvalue weighted by molar-refractivity contribution is -0.666. The molecule has 0 radical (unpaired) electrons. The number of nitrogens with zero attached hydrogens (tertiary/aromatic N) is 2. The normalized spacial score (nSPS) is 11.1. The van der Waals surface area contributed by atoms with Crippen molar-refractivity contribution in [1.82, 2.24) is 9.44 Å². The summed E-state index contributed by atoms with van der Waals surface area (Å²) in [6.45, 7) is 0.927. The molecule has 0 aliphatic heterocycles. The molecule has 216 valence electrons. The molecule has 2 aromatic heterocycles. The molecular formula is C22H26BFN4O8S4. The second kappa shape index (κ2) is 15.1. The number of aryl methyl sites for hydroxylation is 2. The van der Waals surface area contributed by atoms with E-state index in [1.165, 1.54) is 0 Å². The number of carbonyl (C=O) groups excluding carboxylic acids is 2. The van der Waals surface area contributed by atoms with E-state index in [1.807, 2.05) is 78.1 Å². The summed E-state index contributed by atoms with van der Waals surface area (Å²) in [5.41, 5.74) is 5.96. The zero-order chi connectivity index (χ0) is 29.9. The minimum absolute atomic E-state index is 0.137. The third-order valence-corrected chi connectivity index (χ3v) is 7.84. The lowest BCUT2D eigenvalue weighted by Gasteiger charge is -2.09. The molecule has 4 aromatic rings. The molecule has 2 aromatic carbocycles. The van der Waals surface area contributed by atoms with Crippen LogP contribution in [0.15, 0.2) is 59.6 Å². The van der Waals surface area contributed by atoms with Gasteiger partial charge in [0.05, 0.1) is 25.4 Å². The molecule has 0 fully saturated rings. The Morgan fingerprint density at radius 1 is 0.775 bits per heavy atom. The summed E-state index contributed by atoms with van der Waals surface area (Å²) >= 11 is 3.18. The van der Waals surface area contributed by atoms with Gasteiger partial charge in [-0.05, 0) is 12.1 Å². The van der Waals surface area contributed by atoms with Crippen LogP contribution in [0.25, 0.3) is 20.4 Å². The van der Waals surface area contributed by atoms with Gasteiger partial charge in [-0.2, -0.15) is 9.13 Å². The van der Waals surface area contributed by atoms with Crippen LogP contribution in [0.1, 0.15) is 12.8 Å². The zero-order valence-electron chi connectivity index (χ0n) is 21.4. The molecule has 0 atom stereocenters. The predicted molar refractivity (Wildman–Crippen MR) is 146 cm³/mol. The van der Waals surface area contributed by atoms with Gasteiger partial charge in [0.2, 0.25) is 53.9 Å². The molecule has 0 saturated heterocycles. The first kappa shape index (κ1) is 33.2. The fraction of sp³-hybridized carbons (Fsp3) is 0.273. The van der Waals surface area contributed by atoms with Crippen LogP contribution in [0.5, 0.6) is 0 Å². The summed E-state index contributed by atoms with van der Waals surface area (Å²) in [5, 5.41) is 16.6. The highest BCUT2D eigenvalue weighted by molar-refractivity contribution is 7.89. The number of sulfonamides is 2. The van der Waals surface area contributed by atoms with Crippen molar-refractivity contribution >= 4 is 82.4 Å². The summed E-state index contributed by atoms with van der Waals surface area (Å²) in [6, 6.07) is 15.7. The van der Waals surface area contributed by atoms with Crippen molar-refractivity contribution in [3.63, 3.8) is 0 Å². The number of thiazole rings is 2. The molecule has 40 heavy (non-hydrogen) atoms. The molecule has 0 saturated carbocycles. The Balaban J connectivity index is 0.000000247. The lowest BCUT2D eigenvalue weighted by Crippen LogP contribution is -2.39. The van der Waals surface area contributed by atoms with Crippen LogP contribution < -0.4 is 28.6 Å². The highest BCUT2D eigenvalue weighted by Crippen LogP contribution is 2.15. The smallest absolute Gasteiger partial charge is 0.239 e. The van der Waals surface area contributed by atoms with E-state index in [2.05, 4.69) is 0 Å². The number of carbonyl (C=O) groups is 2. The van der Waals surface area contributed by atoms with E-state index in [4.69, 9.17) is 10.0 Å². The minimum atomic E-state index is -3.46. The number of rotatable bonds is 8. The SMILES string of the molecule is CS(=O)(=O)NC(=O)CC[n+]1csc2ccccc21.CS(=O)(=O)NC(=O)CC[n+]1csc2ccccc21.[O-]B([O-])F. The van der Waals surface area contributed by atoms with Crippen LogP contribution in [0.3, 0.4) is 0 Å². The van der Waals surface area contributed by atoms with Crippen LogP contribution >= 0.6 is 22.7 Å². The highest BCUT2D eigenvalue weighted by Gasteiger charge is 2.16. The molecular weight excluding hydrogens is 606 g/mol. The third kappa shape index (κ3) is 12.4.